The largest absolute Gasteiger partial charge is 0.483 e. The minimum Gasteiger partial charge on any atom is -0.483 e. The van der Waals surface area contributed by atoms with Gasteiger partial charge in [-0.1, -0.05) is 18.2 Å². The molecule has 1 aromatic heterocycles. The normalized spacial score (nSPS) is 10.6. The molecule has 0 saturated carbocycles. The number of nitrogens with zero attached hydrogens (tertiary/aromatic N) is 2. The van der Waals surface area contributed by atoms with Crippen LogP contribution in [-0.4, -0.2) is 21.3 Å². The van der Waals surface area contributed by atoms with Crippen molar-refractivity contribution in [2.75, 3.05) is 11.9 Å². The van der Waals surface area contributed by atoms with Gasteiger partial charge in [-0.15, -0.1) is 0 Å². The average Bonchev–Trinajstić information content (AvgIpc) is 2.98. The third kappa shape index (κ3) is 2.92. The molecular formula is C16H15N3O2S. The summed E-state index contributed by atoms with van der Waals surface area (Å²) in [6.45, 7) is 3.95. The molecular weight excluding hydrogens is 298 g/mol. The van der Waals surface area contributed by atoms with Crippen molar-refractivity contribution in [1.29, 1.82) is 0 Å². The fourth-order valence-electron chi connectivity index (χ4n) is 2.12. The van der Waals surface area contributed by atoms with Crippen molar-refractivity contribution in [3.8, 4) is 5.75 Å². The second kappa shape index (κ2) is 6.11. The lowest BCUT2D eigenvalue weighted by atomic mass is 10.1. The Morgan fingerprint density at radius 3 is 2.86 bits per heavy atom. The monoisotopic (exact) mass is 313 g/mol. The van der Waals surface area contributed by atoms with Gasteiger partial charge in [-0.25, -0.2) is 0 Å². The molecule has 0 aliphatic heterocycles. The van der Waals surface area contributed by atoms with Crippen LogP contribution in [0.15, 0.2) is 36.4 Å². The highest BCUT2D eigenvalue weighted by Crippen LogP contribution is 2.22. The molecule has 3 rings (SSSR count). The van der Waals surface area contributed by atoms with Gasteiger partial charge in [0, 0.05) is 0 Å². The van der Waals surface area contributed by atoms with Crippen LogP contribution >= 0.6 is 11.7 Å². The lowest BCUT2D eigenvalue weighted by Gasteiger charge is -2.11. The van der Waals surface area contributed by atoms with Crippen LogP contribution in [0, 0.1) is 13.8 Å². The topological polar surface area (TPSA) is 64.1 Å². The number of carbonyl (C=O) groups is 1. The Hall–Kier alpha value is -2.47. The number of hydrogen-bond donors (Lipinski definition) is 1. The quantitative estimate of drug-likeness (QED) is 0.802. The Labute approximate surface area is 132 Å². The summed E-state index contributed by atoms with van der Waals surface area (Å²) < 4.78 is 13.9. The zero-order chi connectivity index (χ0) is 15.5. The molecule has 0 bridgehead atoms. The van der Waals surface area contributed by atoms with Crippen LogP contribution in [0.25, 0.3) is 11.0 Å². The number of rotatable bonds is 4. The number of ether oxygens (including phenoxy) is 1. The summed E-state index contributed by atoms with van der Waals surface area (Å²) in [5.74, 6) is 0.505. The number of amides is 1. The Balaban J connectivity index is 1.68. The zero-order valence-electron chi connectivity index (χ0n) is 12.3. The smallest absolute Gasteiger partial charge is 0.262 e. The molecule has 2 aromatic carbocycles. The molecule has 0 atom stereocenters. The van der Waals surface area contributed by atoms with Crippen molar-refractivity contribution >= 4 is 34.4 Å². The zero-order valence-corrected chi connectivity index (χ0v) is 13.1. The van der Waals surface area contributed by atoms with Crippen LogP contribution < -0.4 is 10.1 Å². The third-order valence-corrected chi connectivity index (χ3v) is 4.02. The number of carbonyl (C=O) groups excluding carboxylic acids is 1. The Bertz CT molecular complexity index is 829. The van der Waals surface area contributed by atoms with Crippen molar-refractivity contribution in [1.82, 2.24) is 8.75 Å². The van der Waals surface area contributed by atoms with E-state index in [1.165, 1.54) is 0 Å². The molecule has 22 heavy (non-hydrogen) atoms. The minimum atomic E-state index is -0.221. The molecule has 6 heteroatoms. The first kappa shape index (κ1) is 14.5. The standard InChI is InChI=1S/C16H15N3O2S/c1-10-5-3-8-14(11(10)2)21-9-15(20)17-12-6-4-7-13-16(12)19-22-18-13/h3-8H,9H2,1-2H3,(H,17,20). The second-order valence-corrected chi connectivity index (χ2v) is 5.50. The molecule has 0 unspecified atom stereocenters. The summed E-state index contributed by atoms with van der Waals surface area (Å²) in [5.41, 5.74) is 4.31. The molecule has 1 heterocycles. The number of anilines is 1. The molecule has 0 saturated heterocycles. The number of aryl methyl sites for hydroxylation is 1. The molecule has 0 radical (unpaired) electrons. The fraction of sp³-hybridized carbons (Fsp3) is 0.188. The third-order valence-electron chi connectivity index (χ3n) is 3.47. The van der Waals surface area contributed by atoms with E-state index in [2.05, 4.69) is 14.1 Å². The number of aromatic nitrogens is 2. The maximum absolute atomic E-state index is 12.1. The summed E-state index contributed by atoms with van der Waals surface area (Å²) in [5, 5.41) is 2.82. The summed E-state index contributed by atoms with van der Waals surface area (Å²) in [6, 6.07) is 11.3. The van der Waals surface area contributed by atoms with E-state index in [1.54, 1.807) is 6.07 Å². The van der Waals surface area contributed by atoms with Gasteiger partial charge < -0.3 is 10.1 Å². The Morgan fingerprint density at radius 1 is 1.18 bits per heavy atom. The maximum Gasteiger partial charge on any atom is 0.262 e. The van der Waals surface area contributed by atoms with Crippen LogP contribution in [0.4, 0.5) is 5.69 Å². The van der Waals surface area contributed by atoms with Crippen molar-refractivity contribution in [3.63, 3.8) is 0 Å². The van der Waals surface area contributed by atoms with E-state index < -0.39 is 0 Å². The van der Waals surface area contributed by atoms with Crippen molar-refractivity contribution in [2.45, 2.75) is 13.8 Å². The SMILES string of the molecule is Cc1cccc(OCC(=O)Nc2cccc3nsnc23)c1C. The molecule has 0 aliphatic rings. The fourth-order valence-corrected chi connectivity index (χ4v) is 2.67. The number of fused-ring (bicyclic) bond motifs is 1. The molecule has 0 spiro atoms. The van der Waals surface area contributed by atoms with Gasteiger partial charge in [0.05, 0.1) is 17.4 Å². The van der Waals surface area contributed by atoms with Gasteiger partial charge in [-0.3, -0.25) is 4.79 Å². The molecule has 3 aromatic rings. The summed E-state index contributed by atoms with van der Waals surface area (Å²) in [7, 11) is 0. The molecule has 5 nitrogen and oxygen atoms in total. The van der Waals surface area contributed by atoms with E-state index >= 15 is 0 Å². The van der Waals surface area contributed by atoms with Crippen LogP contribution in [0.1, 0.15) is 11.1 Å². The predicted octanol–water partition coefficient (Wildman–Crippen LogP) is 3.33. The molecule has 1 N–H and O–H groups in total. The van der Waals surface area contributed by atoms with E-state index in [4.69, 9.17) is 4.74 Å². The second-order valence-electron chi connectivity index (χ2n) is 4.97. The van der Waals surface area contributed by atoms with Gasteiger partial charge in [-0.05, 0) is 43.2 Å². The van der Waals surface area contributed by atoms with Crippen molar-refractivity contribution in [2.24, 2.45) is 0 Å². The van der Waals surface area contributed by atoms with Gasteiger partial charge in [0.15, 0.2) is 6.61 Å². The summed E-state index contributed by atoms with van der Waals surface area (Å²) >= 11 is 1.13. The van der Waals surface area contributed by atoms with E-state index in [9.17, 15) is 4.79 Å². The van der Waals surface area contributed by atoms with Crippen LogP contribution in [0.2, 0.25) is 0 Å². The van der Waals surface area contributed by atoms with E-state index in [0.29, 0.717) is 11.2 Å². The molecule has 1 amide bonds. The van der Waals surface area contributed by atoms with Gasteiger partial charge in [0.25, 0.3) is 5.91 Å². The summed E-state index contributed by atoms with van der Waals surface area (Å²) in [6.07, 6.45) is 0. The number of hydrogen-bond acceptors (Lipinski definition) is 5. The van der Waals surface area contributed by atoms with Gasteiger partial charge in [-0.2, -0.15) is 8.75 Å². The first-order valence-corrected chi connectivity index (χ1v) is 7.58. The average molecular weight is 313 g/mol. The van der Waals surface area contributed by atoms with Crippen molar-refractivity contribution in [3.05, 3.63) is 47.5 Å². The molecule has 112 valence electrons. The highest BCUT2D eigenvalue weighted by atomic mass is 32.1. The van der Waals surface area contributed by atoms with Crippen molar-refractivity contribution < 1.29 is 9.53 Å². The van der Waals surface area contributed by atoms with E-state index in [0.717, 1.165) is 34.1 Å². The van der Waals surface area contributed by atoms with E-state index in [-0.39, 0.29) is 12.5 Å². The first-order valence-electron chi connectivity index (χ1n) is 6.85. The van der Waals surface area contributed by atoms with Crippen LogP contribution in [-0.2, 0) is 4.79 Å². The lowest BCUT2D eigenvalue weighted by Crippen LogP contribution is -2.20. The van der Waals surface area contributed by atoms with Gasteiger partial charge in [0.1, 0.15) is 16.8 Å². The molecule has 0 aliphatic carbocycles. The van der Waals surface area contributed by atoms with Crippen LogP contribution in [0.5, 0.6) is 5.75 Å². The van der Waals surface area contributed by atoms with Crippen LogP contribution in [0.3, 0.4) is 0 Å². The number of benzene rings is 2. The van der Waals surface area contributed by atoms with Gasteiger partial charge in [0.2, 0.25) is 0 Å². The number of nitrogens with one attached hydrogen (secondary N) is 1. The van der Waals surface area contributed by atoms with E-state index in [1.807, 2.05) is 44.2 Å². The highest BCUT2D eigenvalue weighted by molar-refractivity contribution is 7.00. The Kier molecular flexibility index (Phi) is 4.02. The lowest BCUT2D eigenvalue weighted by molar-refractivity contribution is -0.118. The summed E-state index contributed by atoms with van der Waals surface area (Å²) in [4.78, 5) is 12.1. The highest BCUT2D eigenvalue weighted by Gasteiger charge is 2.10. The minimum absolute atomic E-state index is 0.0434. The molecule has 0 fully saturated rings. The maximum atomic E-state index is 12.1. The predicted molar refractivity (Wildman–Crippen MR) is 87.5 cm³/mol. The van der Waals surface area contributed by atoms with Gasteiger partial charge >= 0.3 is 0 Å². The first-order chi connectivity index (χ1) is 10.6. The Morgan fingerprint density at radius 2 is 2.00 bits per heavy atom.